The van der Waals surface area contributed by atoms with Gasteiger partial charge in [0.1, 0.15) is 6.54 Å². The minimum Gasteiger partial charge on any atom is -0.395 e. The van der Waals surface area contributed by atoms with Gasteiger partial charge >= 0.3 is 0 Å². The highest BCUT2D eigenvalue weighted by molar-refractivity contribution is 5.86. The second kappa shape index (κ2) is 5.89. The predicted octanol–water partition coefficient (Wildman–Crippen LogP) is 1.79. The van der Waals surface area contributed by atoms with Crippen molar-refractivity contribution in [1.82, 2.24) is 9.47 Å². The number of likely N-dealkylation sites (N-methyl/N-ethyl adjacent to an activating group) is 1. The van der Waals surface area contributed by atoms with Crippen LogP contribution in [0.2, 0.25) is 0 Å². The van der Waals surface area contributed by atoms with Gasteiger partial charge in [-0.1, -0.05) is 18.2 Å². The molecule has 0 aliphatic carbocycles. The average Bonchev–Trinajstić information content (AvgIpc) is 2.73. The van der Waals surface area contributed by atoms with Crippen LogP contribution in [0.1, 0.15) is 12.5 Å². The van der Waals surface area contributed by atoms with Gasteiger partial charge in [0.2, 0.25) is 5.91 Å². The molecule has 0 atom stereocenters. The molecule has 0 bridgehead atoms. The number of aromatic nitrogens is 1. The summed E-state index contributed by atoms with van der Waals surface area (Å²) in [5.41, 5.74) is 2.25. The lowest BCUT2D eigenvalue weighted by atomic mass is 10.2. The van der Waals surface area contributed by atoms with Gasteiger partial charge in [0, 0.05) is 30.2 Å². The van der Waals surface area contributed by atoms with Crippen LogP contribution in [0.3, 0.4) is 0 Å². The molecule has 1 aromatic heterocycles. The zero-order valence-electron chi connectivity index (χ0n) is 11.5. The number of aliphatic hydroxyl groups is 1. The number of amides is 1. The van der Waals surface area contributed by atoms with E-state index in [1.807, 2.05) is 35.9 Å². The zero-order chi connectivity index (χ0) is 13.8. The molecule has 0 spiro atoms. The predicted molar refractivity (Wildman–Crippen MR) is 76.0 cm³/mol. The van der Waals surface area contributed by atoms with Gasteiger partial charge in [-0.15, -0.1) is 0 Å². The molecule has 0 saturated carbocycles. The molecular formula is C15H20N2O2. The summed E-state index contributed by atoms with van der Waals surface area (Å²) in [7, 11) is 0. The summed E-state index contributed by atoms with van der Waals surface area (Å²) >= 11 is 0. The topological polar surface area (TPSA) is 45.5 Å². The van der Waals surface area contributed by atoms with Crippen molar-refractivity contribution in [2.45, 2.75) is 20.4 Å². The highest BCUT2D eigenvalue weighted by Crippen LogP contribution is 2.20. The molecule has 1 heterocycles. The fourth-order valence-corrected chi connectivity index (χ4v) is 2.39. The van der Waals surface area contributed by atoms with Gasteiger partial charge in [-0.25, -0.2) is 0 Å². The third kappa shape index (κ3) is 2.79. The molecule has 1 aromatic carbocycles. The lowest BCUT2D eigenvalue weighted by molar-refractivity contribution is -0.132. The second-order valence-corrected chi connectivity index (χ2v) is 4.65. The Hall–Kier alpha value is -1.81. The number of fused-ring (bicyclic) bond motifs is 1. The number of nitrogens with zero attached hydrogens (tertiary/aromatic N) is 2. The SMILES string of the molecule is CCN(CCO)C(=O)Cn1cc(C)c2ccccc21. The summed E-state index contributed by atoms with van der Waals surface area (Å²) < 4.78 is 1.98. The number of hydrogen-bond donors (Lipinski definition) is 1. The molecule has 0 fully saturated rings. The van der Waals surface area contributed by atoms with Gasteiger partial charge < -0.3 is 14.6 Å². The molecule has 0 aliphatic rings. The largest absolute Gasteiger partial charge is 0.395 e. The van der Waals surface area contributed by atoms with Gasteiger partial charge in [-0.05, 0) is 25.5 Å². The van der Waals surface area contributed by atoms with E-state index in [0.717, 1.165) is 5.52 Å². The van der Waals surface area contributed by atoms with Gasteiger partial charge in [0.25, 0.3) is 0 Å². The Labute approximate surface area is 113 Å². The van der Waals surface area contributed by atoms with Gasteiger partial charge in [-0.3, -0.25) is 4.79 Å². The first-order valence-corrected chi connectivity index (χ1v) is 6.60. The Morgan fingerprint density at radius 3 is 2.79 bits per heavy atom. The summed E-state index contributed by atoms with van der Waals surface area (Å²) in [4.78, 5) is 13.9. The van der Waals surface area contributed by atoms with Crippen molar-refractivity contribution in [3.8, 4) is 0 Å². The lowest BCUT2D eigenvalue weighted by Crippen LogP contribution is -2.35. The van der Waals surface area contributed by atoms with E-state index < -0.39 is 0 Å². The van der Waals surface area contributed by atoms with Crippen LogP contribution in [-0.4, -0.2) is 40.2 Å². The fraction of sp³-hybridized carbons (Fsp3) is 0.400. The van der Waals surface area contributed by atoms with E-state index in [2.05, 4.69) is 13.0 Å². The maximum absolute atomic E-state index is 12.2. The van der Waals surface area contributed by atoms with Crippen molar-refractivity contribution in [2.75, 3.05) is 19.7 Å². The average molecular weight is 260 g/mol. The molecule has 0 saturated heterocycles. The molecule has 0 unspecified atom stereocenters. The van der Waals surface area contributed by atoms with Gasteiger partial charge in [-0.2, -0.15) is 0 Å². The summed E-state index contributed by atoms with van der Waals surface area (Å²) in [6.07, 6.45) is 2.01. The first-order chi connectivity index (χ1) is 9.17. The van der Waals surface area contributed by atoms with Crippen molar-refractivity contribution < 1.29 is 9.90 Å². The third-order valence-corrected chi connectivity index (χ3v) is 3.40. The molecule has 4 nitrogen and oxygen atoms in total. The summed E-state index contributed by atoms with van der Waals surface area (Å²) in [6, 6.07) is 8.08. The summed E-state index contributed by atoms with van der Waals surface area (Å²) in [5.74, 6) is 0.0392. The van der Waals surface area contributed by atoms with E-state index in [1.54, 1.807) is 4.90 Å². The molecule has 0 aliphatic heterocycles. The maximum Gasteiger partial charge on any atom is 0.242 e. The van der Waals surface area contributed by atoms with Crippen LogP contribution in [0.15, 0.2) is 30.5 Å². The first-order valence-electron chi connectivity index (χ1n) is 6.60. The van der Waals surface area contributed by atoms with E-state index in [9.17, 15) is 4.79 Å². The van der Waals surface area contributed by atoms with Crippen LogP contribution in [0.4, 0.5) is 0 Å². The standard InChI is InChI=1S/C15H20N2O2/c1-3-16(8-9-18)15(19)11-17-10-12(2)13-6-4-5-7-14(13)17/h4-7,10,18H,3,8-9,11H2,1-2H3. The van der Waals surface area contributed by atoms with Crippen molar-refractivity contribution >= 4 is 16.8 Å². The van der Waals surface area contributed by atoms with E-state index in [4.69, 9.17) is 5.11 Å². The van der Waals surface area contributed by atoms with Crippen LogP contribution in [0.5, 0.6) is 0 Å². The zero-order valence-corrected chi connectivity index (χ0v) is 11.5. The van der Waals surface area contributed by atoms with E-state index >= 15 is 0 Å². The highest BCUT2D eigenvalue weighted by atomic mass is 16.3. The van der Waals surface area contributed by atoms with Crippen molar-refractivity contribution in [3.63, 3.8) is 0 Å². The Morgan fingerprint density at radius 2 is 2.11 bits per heavy atom. The first kappa shape index (κ1) is 13.6. The minimum absolute atomic E-state index is 0.00499. The van der Waals surface area contributed by atoms with Crippen molar-refractivity contribution in [1.29, 1.82) is 0 Å². The van der Waals surface area contributed by atoms with Gasteiger partial charge in [0.15, 0.2) is 0 Å². The number of carbonyl (C=O) groups excluding carboxylic acids is 1. The van der Waals surface area contributed by atoms with Crippen molar-refractivity contribution in [2.24, 2.45) is 0 Å². The number of carbonyl (C=O) groups is 1. The fourth-order valence-electron chi connectivity index (χ4n) is 2.39. The minimum atomic E-state index is 0.00499. The Morgan fingerprint density at radius 1 is 1.37 bits per heavy atom. The van der Waals surface area contributed by atoms with Crippen LogP contribution >= 0.6 is 0 Å². The van der Waals surface area contributed by atoms with Crippen LogP contribution < -0.4 is 0 Å². The maximum atomic E-state index is 12.2. The van der Waals surface area contributed by atoms with Crippen LogP contribution in [-0.2, 0) is 11.3 Å². The lowest BCUT2D eigenvalue weighted by Gasteiger charge is -2.20. The van der Waals surface area contributed by atoms with Crippen molar-refractivity contribution in [3.05, 3.63) is 36.0 Å². The molecule has 2 aromatic rings. The van der Waals surface area contributed by atoms with Crippen LogP contribution in [0.25, 0.3) is 10.9 Å². The molecule has 102 valence electrons. The molecule has 4 heteroatoms. The molecule has 2 rings (SSSR count). The molecule has 19 heavy (non-hydrogen) atoms. The third-order valence-electron chi connectivity index (χ3n) is 3.40. The smallest absolute Gasteiger partial charge is 0.242 e. The van der Waals surface area contributed by atoms with Crippen LogP contribution in [0, 0.1) is 6.92 Å². The normalized spacial score (nSPS) is 10.9. The van der Waals surface area contributed by atoms with E-state index in [1.165, 1.54) is 10.9 Å². The quantitative estimate of drug-likeness (QED) is 0.891. The van der Waals surface area contributed by atoms with Gasteiger partial charge in [0.05, 0.1) is 6.61 Å². The summed E-state index contributed by atoms with van der Waals surface area (Å²) in [6.45, 7) is 5.32. The molecular weight excluding hydrogens is 240 g/mol. The number of aryl methyl sites for hydroxylation is 1. The molecule has 1 N–H and O–H groups in total. The molecule has 1 amide bonds. The number of benzene rings is 1. The number of rotatable bonds is 5. The number of hydrogen-bond acceptors (Lipinski definition) is 2. The highest BCUT2D eigenvalue weighted by Gasteiger charge is 2.13. The van der Waals surface area contributed by atoms with E-state index in [0.29, 0.717) is 19.6 Å². The second-order valence-electron chi connectivity index (χ2n) is 4.65. The Bertz CT molecular complexity index is 575. The number of aliphatic hydroxyl groups excluding tert-OH is 1. The van der Waals surface area contributed by atoms with E-state index in [-0.39, 0.29) is 12.5 Å². The number of para-hydroxylation sites is 1. The summed E-state index contributed by atoms with van der Waals surface area (Å²) in [5, 5.41) is 10.1. The molecule has 0 radical (unpaired) electrons. The Kier molecular flexibility index (Phi) is 4.22. The monoisotopic (exact) mass is 260 g/mol. The Balaban J connectivity index is 2.24.